The number of nitrogens with one attached hydrogen (secondary N) is 1. The normalized spacial score (nSPS) is 11.1. The van der Waals surface area contributed by atoms with Gasteiger partial charge in [0.1, 0.15) is 0 Å². The van der Waals surface area contributed by atoms with E-state index in [1.807, 2.05) is 0 Å². The third-order valence-electron chi connectivity index (χ3n) is 3.80. The quantitative estimate of drug-likeness (QED) is 0.669. The van der Waals surface area contributed by atoms with Crippen molar-refractivity contribution in [3.63, 3.8) is 0 Å². The first-order valence-electron chi connectivity index (χ1n) is 7.69. The van der Waals surface area contributed by atoms with Crippen molar-refractivity contribution in [1.82, 2.24) is 9.88 Å². The maximum Gasteiger partial charge on any atom is 0.0476 e. The summed E-state index contributed by atoms with van der Waals surface area (Å²) in [6.07, 6.45) is 5.59. The van der Waals surface area contributed by atoms with Crippen LogP contribution in [0.3, 0.4) is 0 Å². The minimum Gasteiger partial charge on any atom is -0.350 e. The van der Waals surface area contributed by atoms with Gasteiger partial charge in [0.2, 0.25) is 0 Å². The van der Waals surface area contributed by atoms with E-state index in [-0.39, 0.29) is 0 Å². The van der Waals surface area contributed by atoms with Crippen molar-refractivity contribution in [1.29, 1.82) is 0 Å². The van der Waals surface area contributed by atoms with Crippen LogP contribution in [0.2, 0.25) is 0 Å². The number of benzene rings is 2. The van der Waals surface area contributed by atoms with E-state index in [4.69, 9.17) is 0 Å². The van der Waals surface area contributed by atoms with Crippen LogP contribution in [-0.2, 0) is 13.1 Å². The van der Waals surface area contributed by atoms with Crippen molar-refractivity contribution in [3.8, 4) is 0 Å². The zero-order chi connectivity index (χ0) is 14.5. The van der Waals surface area contributed by atoms with E-state index in [1.165, 1.54) is 28.3 Å². The molecule has 0 spiro atoms. The molecule has 0 saturated carbocycles. The summed E-state index contributed by atoms with van der Waals surface area (Å²) in [6.45, 7) is 5.15. The van der Waals surface area contributed by atoms with Gasteiger partial charge in [0.25, 0.3) is 0 Å². The lowest BCUT2D eigenvalue weighted by molar-refractivity contribution is 0.673. The van der Waals surface area contributed by atoms with Crippen molar-refractivity contribution in [3.05, 3.63) is 72.1 Å². The summed E-state index contributed by atoms with van der Waals surface area (Å²) < 4.78 is 2.27. The first kappa shape index (κ1) is 13.9. The summed E-state index contributed by atoms with van der Waals surface area (Å²) in [5.74, 6) is 0. The molecule has 0 saturated heterocycles. The van der Waals surface area contributed by atoms with Crippen LogP contribution in [0, 0.1) is 0 Å². The second-order valence-corrected chi connectivity index (χ2v) is 5.51. The summed E-state index contributed by atoms with van der Waals surface area (Å²) in [4.78, 5) is 0. The molecule has 2 heteroatoms. The van der Waals surface area contributed by atoms with Gasteiger partial charge in [-0.1, -0.05) is 49.4 Å². The van der Waals surface area contributed by atoms with Crippen LogP contribution in [-0.4, -0.2) is 11.1 Å². The average Bonchev–Trinajstić information content (AvgIpc) is 2.96. The third kappa shape index (κ3) is 3.34. The summed E-state index contributed by atoms with van der Waals surface area (Å²) in [5.41, 5.74) is 2.72. The number of nitrogens with zero attached hydrogens (tertiary/aromatic N) is 1. The monoisotopic (exact) mass is 278 g/mol. The Morgan fingerprint density at radius 2 is 1.86 bits per heavy atom. The smallest absolute Gasteiger partial charge is 0.0476 e. The third-order valence-corrected chi connectivity index (χ3v) is 3.80. The highest BCUT2D eigenvalue weighted by atomic mass is 14.9. The van der Waals surface area contributed by atoms with Crippen molar-refractivity contribution < 1.29 is 0 Å². The van der Waals surface area contributed by atoms with Crippen LogP contribution in [0.1, 0.15) is 24.5 Å². The number of fused-ring (bicyclic) bond motifs is 1. The van der Waals surface area contributed by atoms with Crippen LogP contribution in [0.15, 0.2) is 60.9 Å². The average molecular weight is 278 g/mol. The standard InChI is InChI=1S/C19H22N2/c1-2-11-20-13-16-10-12-21(14-16)15-18-8-5-7-17-6-3-4-9-19(17)18/h3-10,12,14,20H,2,11,13,15H2,1H3. The van der Waals surface area contributed by atoms with Crippen LogP contribution < -0.4 is 5.32 Å². The molecule has 0 amide bonds. The first-order valence-corrected chi connectivity index (χ1v) is 7.69. The van der Waals surface area contributed by atoms with Gasteiger partial charge in [-0.15, -0.1) is 0 Å². The Labute approximate surface area is 126 Å². The fourth-order valence-corrected chi connectivity index (χ4v) is 2.73. The fraction of sp³-hybridized carbons (Fsp3) is 0.263. The van der Waals surface area contributed by atoms with Gasteiger partial charge in [-0.25, -0.2) is 0 Å². The minimum absolute atomic E-state index is 0.926. The molecule has 1 aromatic heterocycles. The predicted octanol–water partition coefficient (Wildman–Crippen LogP) is 4.19. The van der Waals surface area contributed by atoms with E-state index in [9.17, 15) is 0 Å². The molecule has 3 rings (SSSR count). The van der Waals surface area contributed by atoms with Gasteiger partial charge in [0, 0.05) is 25.5 Å². The molecule has 0 radical (unpaired) electrons. The first-order chi connectivity index (χ1) is 10.4. The molecule has 1 N–H and O–H groups in total. The summed E-state index contributed by atoms with van der Waals surface area (Å²) >= 11 is 0. The zero-order valence-corrected chi connectivity index (χ0v) is 12.5. The van der Waals surface area contributed by atoms with Gasteiger partial charge in [0.15, 0.2) is 0 Å². The van der Waals surface area contributed by atoms with Crippen molar-refractivity contribution in [2.75, 3.05) is 6.54 Å². The lowest BCUT2D eigenvalue weighted by atomic mass is 10.0. The molecule has 0 fully saturated rings. The van der Waals surface area contributed by atoms with Gasteiger partial charge in [-0.3, -0.25) is 0 Å². The Morgan fingerprint density at radius 3 is 2.76 bits per heavy atom. The fourth-order valence-electron chi connectivity index (χ4n) is 2.73. The van der Waals surface area contributed by atoms with Crippen LogP contribution in [0.25, 0.3) is 10.8 Å². The van der Waals surface area contributed by atoms with Gasteiger partial charge >= 0.3 is 0 Å². The summed E-state index contributed by atoms with van der Waals surface area (Å²) in [6, 6.07) is 17.3. The molecule has 108 valence electrons. The van der Waals surface area contributed by atoms with E-state index in [0.717, 1.165) is 19.6 Å². The highest BCUT2D eigenvalue weighted by Gasteiger charge is 2.02. The lowest BCUT2D eigenvalue weighted by Gasteiger charge is -2.07. The molecule has 0 aliphatic rings. The van der Waals surface area contributed by atoms with Crippen LogP contribution >= 0.6 is 0 Å². The molecule has 3 aromatic rings. The van der Waals surface area contributed by atoms with Gasteiger partial charge < -0.3 is 9.88 Å². The molecule has 2 nitrogen and oxygen atoms in total. The van der Waals surface area contributed by atoms with E-state index in [0.29, 0.717) is 0 Å². The van der Waals surface area contributed by atoms with Crippen molar-refractivity contribution >= 4 is 10.8 Å². The predicted molar refractivity (Wildman–Crippen MR) is 89.5 cm³/mol. The largest absolute Gasteiger partial charge is 0.350 e. The number of rotatable bonds is 6. The summed E-state index contributed by atoms with van der Waals surface area (Å²) in [7, 11) is 0. The Hall–Kier alpha value is -2.06. The maximum absolute atomic E-state index is 3.44. The highest BCUT2D eigenvalue weighted by Crippen LogP contribution is 2.19. The van der Waals surface area contributed by atoms with E-state index in [2.05, 4.69) is 77.7 Å². The Balaban J connectivity index is 1.76. The van der Waals surface area contributed by atoms with Crippen LogP contribution in [0.4, 0.5) is 0 Å². The SMILES string of the molecule is CCCNCc1ccn(Cc2cccc3ccccc23)c1. The van der Waals surface area contributed by atoms with E-state index in [1.54, 1.807) is 0 Å². The zero-order valence-electron chi connectivity index (χ0n) is 12.5. The van der Waals surface area contributed by atoms with Crippen LogP contribution in [0.5, 0.6) is 0 Å². The molecule has 0 aliphatic carbocycles. The van der Waals surface area contributed by atoms with Crippen molar-refractivity contribution in [2.24, 2.45) is 0 Å². The minimum atomic E-state index is 0.926. The molecule has 0 aliphatic heterocycles. The molecule has 21 heavy (non-hydrogen) atoms. The number of hydrogen-bond acceptors (Lipinski definition) is 1. The Morgan fingerprint density at radius 1 is 1.00 bits per heavy atom. The van der Waals surface area contributed by atoms with Crippen molar-refractivity contribution in [2.45, 2.75) is 26.4 Å². The number of aromatic nitrogens is 1. The molecular formula is C19H22N2. The van der Waals surface area contributed by atoms with Gasteiger partial charge in [-0.05, 0) is 40.9 Å². The number of hydrogen-bond donors (Lipinski definition) is 1. The topological polar surface area (TPSA) is 17.0 Å². The maximum atomic E-state index is 3.44. The molecule has 0 atom stereocenters. The molecule has 0 unspecified atom stereocenters. The molecule has 0 bridgehead atoms. The molecular weight excluding hydrogens is 256 g/mol. The van der Waals surface area contributed by atoms with Gasteiger partial charge in [0.05, 0.1) is 0 Å². The van der Waals surface area contributed by atoms with Gasteiger partial charge in [-0.2, -0.15) is 0 Å². The molecule has 1 heterocycles. The highest BCUT2D eigenvalue weighted by molar-refractivity contribution is 5.85. The second kappa shape index (κ2) is 6.59. The van der Waals surface area contributed by atoms with E-state index >= 15 is 0 Å². The Kier molecular flexibility index (Phi) is 4.37. The van der Waals surface area contributed by atoms with E-state index < -0.39 is 0 Å². The second-order valence-electron chi connectivity index (χ2n) is 5.51. The molecule has 2 aromatic carbocycles. The Bertz CT molecular complexity index is 707. The lowest BCUT2D eigenvalue weighted by Crippen LogP contribution is -2.13. The summed E-state index contributed by atoms with van der Waals surface area (Å²) in [5, 5.41) is 6.10.